The first-order chi connectivity index (χ1) is 9.88. The summed E-state index contributed by atoms with van der Waals surface area (Å²) in [7, 11) is 0.548. The van der Waals surface area contributed by atoms with Crippen LogP contribution in [0.15, 0.2) is 24.3 Å². The highest BCUT2D eigenvalue weighted by Gasteiger charge is 2.72. The molecule has 1 atom stereocenters. The van der Waals surface area contributed by atoms with E-state index in [4.69, 9.17) is 0 Å². The maximum absolute atomic E-state index is 14.4. The third kappa shape index (κ3) is 2.91. The third-order valence-corrected chi connectivity index (χ3v) is 3.31. The Balaban J connectivity index is 3.52. The van der Waals surface area contributed by atoms with Crippen LogP contribution in [-0.2, 0) is 0 Å². The Hall–Kier alpha value is -1.73. The number of halogens is 6. The molecule has 0 fully saturated rings. The second-order valence-electron chi connectivity index (χ2n) is 4.86. The normalized spacial score (nSPS) is 15.3. The molecule has 0 saturated heterocycles. The SMILES string of the molecule is CCC(=O)c1ccccc1N(C)C(F)(C(C)(F)F)C(F)(F)F. The van der Waals surface area contributed by atoms with E-state index in [0.717, 1.165) is 6.07 Å². The van der Waals surface area contributed by atoms with Gasteiger partial charge in [-0.3, -0.25) is 4.79 Å². The molecule has 0 saturated carbocycles. The lowest BCUT2D eigenvalue weighted by atomic mass is 10.0. The van der Waals surface area contributed by atoms with Gasteiger partial charge in [-0.2, -0.15) is 13.2 Å². The maximum Gasteiger partial charge on any atom is 0.448 e. The van der Waals surface area contributed by atoms with Gasteiger partial charge in [0.05, 0.1) is 5.69 Å². The molecule has 1 rings (SSSR count). The van der Waals surface area contributed by atoms with Crippen molar-refractivity contribution in [2.75, 3.05) is 11.9 Å². The monoisotopic (exact) mass is 327 g/mol. The van der Waals surface area contributed by atoms with E-state index in [2.05, 4.69) is 0 Å². The smallest absolute Gasteiger partial charge is 0.329 e. The summed E-state index contributed by atoms with van der Waals surface area (Å²) in [5.41, 5.74) is -0.793. The number of benzene rings is 1. The minimum atomic E-state index is -5.86. The van der Waals surface area contributed by atoms with Crippen LogP contribution >= 0.6 is 0 Å². The number of Topliss-reactive ketones (excluding diaryl/α,β-unsaturated/α-hetero) is 1. The molecule has 0 radical (unpaired) electrons. The Morgan fingerprint density at radius 3 is 2.00 bits per heavy atom. The minimum Gasteiger partial charge on any atom is -0.329 e. The molecule has 0 aliphatic rings. The van der Waals surface area contributed by atoms with E-state index >= 15 is 0 Å². The summed E-state index contributed by atoms with van der Waals surface area (Å²) >= 11 is 0. The number of alkyl halides is 6. The molecule has 1 aromatic rings. The van der Waals surface area contributed by atoms with Crippen molar-refractivity contribution >= 4 is 11.5 Å². The van der Waals surface area contributed by atoms with Gasteiger partial charge >= 0.3 is 17.9 Å². The van der Waals surface area contributed by atoms with Crippen LogP contribution in [-0.4, -0.2) is 30.7 Å². The van der Waals surface area contributed by atoms with Gasteiger partial charge in [0.15, 0.2) is 5.78 Å². The molecule has 0 amide bonds. The Kier molecular flexibility index (Phi) is 4.84. The van der Waals surface area contributed by atoms with Crippen LogP contribution < -0.4 is 4.90 Å². The van der Waals surface area contributed by atoms with Crippen molar-refractivity contribution < 1.29 is 31.1 Å². The van der Waals surface area contributed by atoms with Gasteiger partial charge in [0.25, 0.3) is 0 Å². The fraction of sp³-hybridized carbons (Fsp3) is 0.500. The summed E-state index contributed by atoms with van der Waals surface area (Å²) in [6.45, 7) is 1.31. The van der Waals surface area contributed by atoms with Crippen LogP contribution in [0.2, 0.25) is 0 Å². The zero-order valence-corrected chi connectivity index (χ0v) is 12.1. The summed E-state index contributed by atoms with van der Waals surface area (Å²) in [5.74, 6) is -10.3. The Labute approximate surface area is 123 Å². The Morgan fingerprint density at radius 1 is 1.09 bits per heavy atom. The second kappa shape index (κ2) is 5.81. The van der Waals surface area contributed by atoms with Crippen LogP contribution in [0.5, 0.6) is 0 Å². The lowest BCUT2D eigenvalue weighted by molar-refractivity contribution is -0.295. The van der Waals surface area contributed by atoms with E-state index in [-0.39, 0.29) is 23.8 Å². The molecular formula is C14H15F6NO. The topological polar surface area (TPSA) is 20.3 Å². The third-order valence-electron chi connectivity index (χ3n) is 3.31. The van der Waals surface area contributed by atoms with Crippen LogP contribution in [0.3, 0.4) is 0 Å². The van der Waals surface area contributed by atoms with Crippen LogP contribution in [0.25, 0.3) is 0 Å². The molecular weight excluding hydrogens is 312 g/mol. The predicted molar refractivity (Wildman–Crippen MR) is 70.0 cm³/mol. The van der Waals surface area contributed by atoms with E-state index < -0.39 is 29.4 Å². The zero-order chi connectivity index (χ0) is 17.3. The zero-order valence-electron chi connectivity index (χ0n) is 12.1. The lowest BCUT2D eigenvalue weighted by Crippen LogP contribution is -2.64. The molecule has 22 heavy (non-hydrogen) atoms. The summed E-state index contributed by atoms with van der Waals surface area (Å²) in [4.78, 5) is 11.5. The molecule has 0 aliphatic heterocycles. The summed E-state index contributed by atoms with van der Waals surface area (Å²) in [6.07, 6.45) is -5.92. The van der Waals surface area contributed by atoms with Crippen molar-refractivity contribution in [2.45, 2.75) is 38.2 Å². The van der Waals surface area contributed by atoms with Gasteiger partial charge < -0.3 is 4.90 Å². The fourth-order valence-corrected chi connectivity index (χ4v) is 2.09. The molecule has 1 unspecified atom stereocenters. The molecule has 8 heteroatoms. The van der Waals surface area contributed by atoms with E-state index in [0.29, 0.717) is 7.05 Å². The largest absolute Gasteiger partial charge is 0.448 e. The highest BCUT2D eigenvalue weighted by molar-refractivity contribution is 6.01. The molecule has 124 valence electrons. The fourth-order valence-electron chi connectivity index (χ4n) is 2.09. The molecule has 0 N–H and O–H groups in total. The first-order valence-corrected chi connectivity index (χ1v) is 6.37. The molecule has 1 aromatic carbocycles. The Morgan fingerprint density at radius 2 is 1.59 bits per heavy atom. The molecule has 0 bridgehead atoms. The van der Waals surface area contributed by atoms with Crippen LogP contribution in [0, 0.1) is 0 Å². The van der Waals surface area contributed by atoms with E-state index in [1.165, 1.54) is 25.1 Å². The van der Waals surface area contributed by atoms with Gasteiger partial charge in [-0.15, -0.1) is 0 Å². The first-order valence-electron chi connectivity index (χ1n) is 6.37. The van der Waals surface area contributed by atoms with E-state index in [1.807, 2.05) is 0 Å². The molecule has 0 spiro atoms. The van der Waals surface area contributed by atoms with Crippen molar-refractivity contribution in [3.05, 3.63) is 29.8 Å². The standard InChI is InChI=1S/C14H15F6NO/c1-4-11(22)9-7-5-6-8-10(9)21(3)13(17,12(2,15)16)14(18,19)20/h5-8H,4H2,1-3H3. The average Bonchev–Trinajstić information content (AvgIpc) is 2.42. The lowest BCUT2D eigenvalue weighted by Gasteiger charge is -2.41. The first kappa shape index (κ1) is 18.3. The number of anilines is 1. The summed E-state index contributed by atoms with van der Waals surface area (Å²) < 4.78 is 80.1. The second-order valence-corrected chi connectivity index (χ2v) is 4.86. The van der Waals surface area contributed by atoms with Crippen molar-refractivity contribution in [2.24, 2.45) is 0 Å². The number of carbonyl (C=O) groups excluding carboxylic acids is 1. The average molecular weight is 327 g/mol. The molecule has 0 aliphatic carbocycles. The quantitative estimate of drug-likeness (QED) is 0.447. The predicted octanol–water partition coefficient (Wildman–Crippen LogP) is 4.60. The number of para-hydroxylation sites is 1. The van der Waals surface area contributed by atoms with Gasteiger partial charge in [-0.05, 0) is 12.1 Å². The highest BCUT2D eigenvalue weighted by Crippen LogP contribution is 2.48. The summed E-state index contributed by atoms with van der Waals surface area (Å²) in [6, 6.07) is 4.76. The van der Waals surface area contributed by atoms with Crippen molar-refractivity contribution in [3.63, 3.8) is 0 Å². The van der Waals surface area contributed by atoms with E-state index in [1.54, 1.807) is 0 Å². The van der Waals surface area contributed by atoms with Gasteiger partial charge in [0, 0.05) is 26.0 Å². The minimum absolute atomic E-state index is 0.0569. The number of hydrogen-bond acceptors (Lipinski definition) is 2. The van der Waals surface area contributed by atoms with Gasteiger partial charge in [0.1, 0.15) is 0 Å². The van der Waals surface area contributed by atoms with Gasteiger partial charge in [0.2, 0.25) is 0 Å². The van der Waals surface area contributed by atoms with Crippen LogP contribution in [0.4, 0.5) is 32.0 Å². The summed E-state index contributed by atoms with van der Waals surface area (Å²) in [5, 5.41) is 0. The number of ketones is 1. The maximum atomic E-state index is 14.4. The molecule has 0 heterocycles. The van der Waals surface area contributed by atoms with Crippen molar-refractivity contribution in [1.29, 1.82) is 0 Å². The van der Waals surface area contributed by atoms with Crippen molar-refractivity contribution in [3.8, 4) is 0 Å². The van der Waals surface area contributed by atoms with Gasteiger partial charge in [-0.1, -0.05) is 19.1 Å². The van der Waals surface area contributed by atoms with Crippen molar-refractivity contribution in [1.82, 2.24) is 0 Å². The Bertz CT molecular complexity index is 535. The highest BCUT2D eigenvalue weighted by atomic mass is 19.4. The molecule has 2 nitrogen and oxygen atoms in total. The number of nitrogens with zero attached hydrogens (tertiary/aromatic N) is 1. The molecule has 0 aromatic heterocycles. The number of carbonyl (C=O) groups is 1. The number of hydrogen-bond donors (Lipinski definition) is 0. The van der Waals surface area contributed by atoms with Crippen LogP contribution in [0.1, 0.15) is 30.6 Å². The van der Waals surface area contributed by atoms with E-state index in [9.17, 15) is 31.1 Å². The van der Waals surface area contributed by atoms with Gasteiger partial charge in [-0.25, -0.2) is 13.2 Å². The number of rotatable bonds is 5.